The predicted octanol–water partition coefficient (Wildman–Crippen LogP) is -2.23. The summed E-state index contributed by atoms with van der Waals surface area (Å²) in [5.74, 6) is -1.01. The van der Waals surface area contributed by atoms with Crippen molar-refractivity contribution in [3.05, 3.63) is 0 Å². The lowest BCUT2D eigenvalue weighted by atomic mass is 9.82. The smallest absolute Gasteiger partial charge is 0.341 e. The molecule has 1 aliphatic rings. The van der Waals surface area contributed by atoms with Gasteiger partial charge in [-0.2, -0.15) is 0 Å². The van der Waals surface area contributed by atoms with Gasteiger partial charge in [0, 0.05) is 0 Å². The molecular weight excluding hydrogens is 192 g/mol. The lowest BCUT2D eigenvalue weighted by Crippen LogP contribution is -2.57. The van der Waals surface area contributed by atoms with E-state index in [1.807, 2.05) is 0 Å². The molecule has 6 nitrogen and oxygen atoms in total. The lowest BCUT2D eigenvalue weighted by Gasteiger charge is -2.32. The number of carbonyl (C=O) groups is 1. The van der Waals surface area contributed by atoms with Crippen molar-refractivity contribution in [2.45, 2.75) is 37.3 Å². The van der Waals surface area contributed by atoms with E-state index in [2.05, 4.69) is 4.74 Å². The summed E-state index contributed by atoms with van der Waals surface area (Å²) in [7, 11) is 0. The zero-order valence-electron chi connectivity index (χ0n) is 7.97. The summed E-state index contributed by atoms with van der Waals surface area (Å²) < 4.78 is 4.60. The van der Waals surface area contributed by atoms with Gasteiger partial charge in [-0.15, -0.1) is 0 Å². The summed E-state index contributed by atoms with van der Waals surface area (Å²) in [6, 6.07) is 0. The van der Waals surface area contributed by atoms with E-state index in [9.17, 15) is 20.1 Å². The van der Waals surface area contributed by atoms with Crippen molar-refractivity contribution < 1.29 is 30.0 Å². The van der Waals surface area contributed by atoms with Crippen LogP contribution in [0.15, 0.2) is 0 Å². The number of hydrogen-bond donors (Lipinski definition) is 4. The van der Waals surface area contributed by atoms with Gasteiger partial charge in [-0.3, -0.25) is 0 Å². The normalized spacial score (nSPS) is 45.0. The molecule has 0 aromatic heterocycles. The summed E-state index contributed by atoms with van der Waals surface area (Å²) in [4.78, 5) is 11.1. The van der Waals surface area contributed by atoms with E-state index in [4.69, 9.17) is 5.11 Å². The molecule has 1 rings (SSSR count). The third-order valence-electron chi connectivity index (χ3n) is 2.71. The van der Waals surface area contributed by atoms with Gasteiger partial charge < -0.3 is 25.2 Å². The maximum absolute atomic E-state index is 11.1. The van der Waals surface area contributed by atoms with E-state index < -0.39 is 36.0 Å². The van der Waals surface area contributed by atoms with Crippen molar-refractivity contribution in [3.63, 3.8) is 0 Å². The van der Waals surface area contributed by atoms with Gasteiger partial charge in [-0.25, -0.2) is 4.79 Å². The van der Waals surface area contributed by atoms with Crippen LogP contribution in [-0.2, 0) is 9.53 Å². The summed E-state index contributed by atoms with van der Waals surface area (Å²) in [6.07, 6.45) is -2.74. The molecule has 0 aliphatic carbocycles. The highest BCUT2D eigenvalue weighted by Gasteiger charge is 2.63. The quantitative estimate of drug-likeness (QED) is 0.381. The molecule has 4 atom stereocenters. The molecule has 0 unspecified atom stereocenters. The molecule has 0 saturated carbocycles. The zero-order valence-corrected chi connectivity index (χ0v) is 7.97. The molecule has 82 valence electrons. The van der Waals surface area contributed by atoms with Gasteiger partial charge in [0.15, 0.2) is 11.7 Å². The van der Waals surface area contributed by atoms with E-state index in [1.54, 1.807) is 0 Å². The maximum Gasteiger partial charge on any atom is 0.341 e. The maximum atomic E-state index is 11.1. The molecule has 0 bridgehead atoms. The van der Waals surface area contributed by atoms with E-state index in [0.717, 1.165) is 6.92 Å². The minimum absolute atomic E-state index is 0.663. The molecule has 14 heavy (non-hydrogen) atoms. The standard InChI is InChI=1S/C8H14O6/c1-7(12)5(4(10)3-9)14-6(11)8(7,2)13/h4-5,9-10,12-13H,3H2,1-2H3/t4-,5-,7-,8+/m1/s1. The molecule has 4 N–H and O–H groups in total. The second-order valence-electron chi connectivity index (χ2n) is 3.80. The predicted molar refractivity (Wildman–Crippen MR) is 44.2 cm³/mol. The molecule has 0 aromatic carbocycles. The van der Waals surface area contributed by atoms with Gasteiger partial charge in [0.2, 0.25) is 0 Å². The van der Waals surface area contributed by atoms with E-state index >= 15 is 0 Å². The summed E-state index contributed by atoms with van der Waals surface area (Å²) >= 11 is 0. The molecule has 1 heterocycles. The molecule has 0 spiro atoms. The Balaban J connectivity index is 2.99. The molecule has 0 radical (unpaired) electrons. The van der Waals surface area contributed by atoms with Gasteiger partial charge in [0.1, 0.15) is 11.7 Å². The second kappa shape index (κ2) is 3.16. The van der Waals surface area contributed by atoms with Crippen LogP contribution in [0.4, 0.5) is 0 Å². The van der Waals surface area contributed by atoms with Gasteiger partial charge in [-0.1, -0.05) is 0 Å². The first-order valence-electron chi connectivity index (χ1n) is 4.20. The van der Waals surface area contributed by atoms with Crippen LogP contribution in [0.3, 0.4) is 0 Å². The van der Waals surface area contributed by atoms with Crippen LogP contribution in [0, 0.1) is 0 Å². The fraction of sp³-hybridized carbons (Fsp3) is 0.875. The average molecular weight is 206 g/mol. The highest BCUT2D eigenvalue weighted by molar-refractivity contribution is 5.83. The number of carbonyl (C=O) groups excluding carboxylic acids is 1. The fourth-order valence-corrected chi connectivity index (χ4v) is 1.38. The summed E-state index contributed by atoms with van der Waals surface area (Å²) in [5.41, 5.74) is -4.00. The second-order valence-corrected chi connectivity index (χ2v) is 3.80. The van der Waals surface area contributed by atoms with Crippen molar-refractivity contribution in [1.82, 2.24) is 0 Å². The highest BCUT2D eigenvalue weighted by Crippen LogP contribution is 2.37. The number of cyclic esters (lactones) is 1. The van der Waals surface area contributed by atoms with Crippen molar-refractivity contribution in [1.29, 1.82) is 0 Å². The molecule has 0 amide bonds. The largest absolute Gasteiger partial charge is 0.454 e. The minimum atomic E-state index is -2.08. The first kappa shape index (κ1) is 11.4. The molecule has 1 saturated heterocycles. The third kappa shape index (κ3) is 1.31. The van der Waals surface area contributed by atoms with Crippen molar-refractivity contribution >= 4 is 5.97 Å². The Morgan fingerprint density at radius 3 is 2.29 bits per heavy atom. The molecular formula is C8H14O6. The van der Waals surface area contributed by atoms with Crippen LogP contribution in [-0.4, -0.2) is 56.4 Å². The van der Waals surface area contributed by atoms with Gasteiger partial charge >= 0.3 is 5.97 Å². The van der Waals surface area contributed by atoms with Crippen molar-refractivity contribution in [3.8, 4) is 0 Å². The van der Waals surface area contributed by atoms with Crippen molar-refractivity contribution in [2.75, 3.05) is 6.61 Å². The highest BCUT2D eigenvalue weighted by atomic mass is 16.6. The Hall–Kier alpha value is -0.690. The summed E-state index contributed by atoms with van der Waals surface area (Å²) in [5, 5.41) is 37.3. The Kier molecular flexibility index (Phi) is 2.57. The lowest BCUT2D eigenvalue weighted by molar-refractivity contribution is -0.158. The molecule has 1 aliphatic heterocycles. The first-order chi connectivity index (χ1) is 6.25. The number of ether oxygens (including phenoxy) is 1. The van der Waals surface area contributed by atoms with Crippen molar-refractivity contribution in [2.24, 2.45) is 0 Å². The van der Waals surface area contributed by atoms with Crippen LogP contribution in [0.1, 0.15) is 13.8 Å². The van der Waals surface area contributed by atoms with Gasteiger partial charge in [-0.05, 0) is 13.8 Å². The van der Waals surface area contributed by atoms with Gasteiger partial charge in [0.25, 0.3) is 0 Å². The molecule has 1 fully saturated rings. The summed E-state index contributed by atoms with van der Waals surface area (Å²) in [6.45, 7) is 1.60. The van der Waals surface area contributed by atoms with Gasteiger partial charge in [0.05, 0.1) is 6.61 Å². The Morgan fingerprint density at radius 1 is 1.50 bits per heavy atom. The van der Waals surface area contributed by atoms with Crippen LogP contribution in [0.5, 0.6) is 0 Å². The van der Waals surface area contributed by atoms with Crippen LogP contribution in [0.25, 0.3) is 0 Å². The Morgan fingerprint density at radius 2 is 2.00 bits per heavy atom. The number of aliphatic hydroxyl groups excluding tert-OH is 2. The monoisotopic (exact) mass is 206 g/mol. The Bertz CT molecular complexity index is 246. The van der Waals surface area contributed by atoms with Crippen LogP contribution >= 0.6 is 0 Å². The number of hydrogen-bond acceptors (Lipinski definition) is 6. The van der Waals surface area contributed by atoms with E-state index in [-0.39, 0.29) is 0 Å². The minimum Gasteiger partial charge on any atom is -0.454 e. The van der Waals surface area contributed by atoms with E-state index in [0.29, 0.717) is 0 Å². The number of esters is 1. The third-order valence-corrected chi connectivity index (χ3v) is 2.71. The topological polar surface area (TPSA) is 107 Å². The first-order valence-corrected chi connectivity index (χ1v) is 4.20. The van der Waals surface area contributed by atoms with Crippen LogP contribution in [0.2, 0.25) is 0 Å². The average Bonchev–Trinajstić information content (AvgIpc) is 2.25. The molecule has 0 aromatic rings. The SMILES string of the molecule is C[C@]1(O)C(=O)O[C@H]([C@H](O)CO)[C@@]1(C)O. The van der Waals surface area contributed by atoms with E-state index in [1.165, 1.54) is 6.92 Å². The number of aliphatic hydroxyl groups is 4. The fourth-order valence-electron chi connectivity index (χ4n) is 1.38. The number of rotatable bonds is 2. The van der Waals surface area contributed by atoms with Crippen LogP contribution < -0.4 is 0 Å². The molecule has 6 heteroatoms. The Labute approximate surface area is 80.7 Å². The zero-order chi connectivity index (χ0) is 11.1.